The van der Waals surface area contributed by atoms with Gasteiger partial charge >= 0.3 is 0 Å². The predicted molar refractivity (Wildman–Crippen MR) is 62.4 cm³/mol. The van der Waals surface area contributed by atoms with Gasteiger partial charge in [0, 0.05) is 18.5 Å². The Kier molecular flexibility index (Phi) is 3.68. The van der Waals surface area contributed by atoms with Gasteiger partial charge in [0.25, 0.3) is 0 Å². The molecule has 2 aromatic rings. The minimum absolute atomic E-state index is 0.219. The van der Waals surface area contributed by atoms with Crippen LogP contribution in [0.2, 0.25) is 0 Å². The van der Waals surface area contributed by atoms with Crippen molar-refractivity contribution < 1.29 is 13.0 Å². The Bertz CT molecular complexity index is 609. The molecule has 0 N–H and O–H groups in total. The summed E-state index contributed by atoms with van der Waals surface area (Å²) in [6, 6.07) is 5.44. The molecule has 0 radical (unpaired) electrons. The summed E-state index contributed by atoms with van der Waals surface area (Å²) >= 11 is 0. The molecule has 0 aliphatic heterocycles. The lowest BCUT2D eigenvalue weighted by molar-refractivity contribution is 0.457. The van der Waals surface area contributed by atoms with Crippen molar-refractivity contribution >= 4 is 10.1 Å². The monoisotopic (exact) mass is 267 g/mol. The molecule has 0 saturated heterocycles. The third kappa shape index (κ3) is 3.60. The minimum atomic E-state index is -4.16. The summed E-state index contributed by atoms with van der Waals surface area (Å²) in [7, 11) is -4.16. The highest BCUT2D eigenvalue weighted by Gasteiger charge is 2.04. The molecule has 0 aromatic carbocycles. The summed E-state index contributed by atoms with van der Waals surface area (Å²) in [4.78, 5) is 4.12. The Balaban J connectivity index is 1.99. The van der Waals surface area contributed by atoms with E-state index >= 15 is 0 Å². The van der Waals surface area contributed by atoms with E-state index in [4.69, 9.17) is 0 Å². The summed E-state index contributed by atoms with van der Waals surface area (Å²) in [6.07, 6.45) is 3.54. The summed E-state index contributed by atoms with van der Waals surface area (Å²) in [6.45, 7) is 0.335. The van der Waals surface area contributed by atoms with Crippen LogP contribution >= 0.6 is 0 Å². The van der Waals surface area contributed by atoms with E-state index in [0.717, 1.165) is 0 Å². The quantitative estimate of drug-likeness (QED) is 0.721. The maximum atomic E-state index is 10.4. The SMILES string of the molecule is O=S(=O)([O-])CCCn1cc(-c2ccccn2)nn1. The van der Waals surface area contributed by atoms with Gasteiger partial charge in [-0.05, 0) is 18.6 Å². The summed E-state index contributed by atoms with van der Waals surface area (Å²) in [5.41, 5.74) is 1.31. The Labute approximate surface area is 104 Å². The molecule has 0 aliphatic rings. The van der Waals surface area contributed by atoms with Crippen molar-refractivity contribution in [1.29, 1.82) is 0 Å². The summed E-state index contributed by atoms with van der Waals surface area (Å²) in [5, 5.41) is 7.77. The number of pyridine rings is 1. The molecular weight excluding hydrogens is 256 g/mol. The molecule has 96 valence electrons. The summed E-state index contributed by atoms with van der Waals surface area (Å²) < 4.78 is 32.8. The van der Waals surface area contributed by atoms with Gasteiger partial charge in [-0.1, -0.05) is 11.3 Å². The molecule has 0 atom stereocenters. The first kappa shape index (κ1) is 12.7. The smallest absolute Gasteiger partial charge is 0.131 e. The molecule has 0 aliphatic carbocycles. The molecule has 2 aromatic heterocycles. The molecule has 2 heterocycles. The average molecular weight is 267 g/mol. The van der Waals surface area contributed by atoms with Gasteiger partial charge in [-0.25, -0.2) is 8.42 Å². The Morgan fingerprint density at radius 3 is 2.78 bits per heavy atom. The van der Waals surface area contributed by atoms with Gasteiger partial charge in [0.15, 0.2) is 0 Å². The lowest BCUT2D eigenvalue weighted by Crippen LogP contribution is -2.08. The largest absolute Gasteiger partial charge is 0.748 e. The van der Waals surface area contributed by atoms with Gasteiger partial charge in [0.05, 0.1) is 22.0 Å². The molecule has 0 fully saturated rings. The molecule has 8 heteroatoms. The second-order valence-corrected chi connectivity index (χ2v) is 5.22. The zero-order valence-electron chi connectivity index (χ0n) is 9.43. The van der Waals surface area contributed by atoms with Crippen LogP contribution in [0, 0.1) is 0 Å². The number of aromatic nitrogens is 4. The van der Waals surface area contributed by atoms with E-state index in [1.165, 1.54) is 4.68 Å². The van der Waals surface area contributed by atoms with Gasteiger partial charge in [0.2, 0.25) is 0 Å². The maximum Gasteiger partial charge on any atom is 0.131 e. The van der Waals surface area contributed by atoms with Crippen LogP contribution in [-0.4, -0.2) is 38.7 Å². The van der Waals surface area contributed by atoms with Gasteiger partial charge < -0.3 is 4.55 Å². The molecule has 0 bridgehead atoms. The van der Waals surface area contributed by atoms with Crippen LogP contribution in [0.1, 0.15) is 6.42 Å². The molecule has 7 nitrogen and oxygen atoms in total. The zero-order chi connectivity index (χ0) is 13.0. The molecule has 2 rings (SSSR count). The number of rotatable bonds is 5. The molecular formula is C10H11N4O3S-. The van der Waals surface area contributed by atoms with Crippen molar-refractivity contribution in [3.63, 3.8) is 0 Å². The van der Waals surface area contributed by atoms with E-state index < -0.39 is 15.9 Å². The first-order valence-electron chi connectivity index (χ1n) is 5.30. The predicted octanol–water partition coefficient (Wildman–Crippen LogP) is 0.275. The van der Waals surface area contributed by atoms with Crippen molar-refractivity contribution in [2.24, 2.45) is 0 Å². The topological polar surface area (TPSA) is 101 Å². The molecule has 0 spiro atoms. The van der Waals surface area contributed by atoms with Crippen molar-refractivity contribution in [2.75, 3.05) is 5.75 Å². The van der Waals surface area contributed by atoms with E-state index in [0.29, 0.717) is 17.9 Å². The van der Waals surface area contributed by atoms with Crippen molar-refractivity contribution in [1.82, 2.24) is 20.0 Å². The number of hydrogen-bond donors (Lipinski definition) is 0. The Hall–Kier alpha value is -1.80. The highest BCUT2D eigenvalue weighted by Crippen LogP contribution is 2.11. The number of nitrogens with zero attached hydrogens (tertiary/aromatic N) is 4. The normalized spacial score (nSPS) is 11.6. The van der Waals surface area contributed by atoms with E-state index in [1.807, 2.05) is 6.07 Å². The van der Waals surface area contributed by atoms with Crippen LogP contribution < -0.4 is 0 Å². The van der Waals surface area contributed by atoms with Crippen LogP contribution in [0.5, 0.6) is 0 Å². The Morgan fingerprint density at radius 2 is 2.11 bits per heavy atom. The van der Waals surface area contributed by atoms with Crippen LogP contribution in [0.25, 0.3) is 11.4 Å². The van der Waals surface area contributed by atoms with Crippen LogP contribution in [0.15, 0.2) is 30.6 Å². The standard InChI is InChI=1S/C10H12N4O3S/c15-18(16,17)7-3-6-14-8-10(12-13-14)9-4-1-2-5-11-9/h1-2,4-5,8H,3,6-7H2,(H,15,16,17)/p-1. The number of hydrogen-bond acceptors (Lipinski definition) is 6. The van der Waals surface area contributed by atoms with E-state index in [9.17, 15) is 13.0 Å². The fourth-order valence-electron chi connectivity index (χ4n) is 1.44. The average Bonchev–Trinajstić information content (AvgIpc) is 2.77. The first-order chi connectivity index (χ1) is 8.54. The summed E-state index contributed by atoms with van der Waals surface area (Å²) in [5.74, 6) is -0.397. The van der Waals surface area contributed by atoms with E-state index in [-0.39, 0.29) is 6.42 Å². The van der Waals surface area contributed by atoms with Gasteiger partial charge in [0.1, 0.15) is 5.69 Å². The van der Waals surface area contributed by atoms with Gasteiger partial charge in [-0.3, -0.25) is 9.67 Å². The second kappa shape index (κ2) is 5.23. The van der Waals surface area contributed by atoms with Crippen LogP contribution in [0.4, 0.5) is 0 Å². The molecule has 18 heavy (non-hydrogen) atoms. The molecule has 0 unspecified atom stereocenters. The minimum Gasteiger partial charge on any atom is -0.748 e. The molecule has 0 saturated carbocycles. The van der Waals surface area contributed by atoms with Gasteiger partial charge in [-0.15, -0.1) is 5.10 Å². The molecule has 0 amide bonds. The third-order valence-electron chi connectivity index (χ3n) is 2.25. The highest BCUT2D eigenvalue weighted by atomic mass is 32.2. The highest BCUT2D eigenvalue weighted by molar-refractivity contribution is 7.85. The lowest BCUT2D eigenvalue weighted by atomic mass is 10.3. The van der Waals surface area contributed by atoms with Gasteiger partial charge in [-0.2, -0.15) is 0 Å². The Morgan fingerprint density at radius 1 is 1.28 bits per heavy atom. The van der Waals surface area contributed by atoms with Crippen molar-refractivity contribution in [2.45, 2.75) is 13.0 Å². The van der Waals surface area contributed by atoms with Crippen LogP contribution in [-0.2, 0) is 16.7 Å². The van der Waals surface area contributed by atoms with E-state index in [2.05, 4.69) is 15.3 Å². The number of aryl methyl sites for hydroxylation is 1. The maximum absolute atomic E-state index is 10.4. The fourth-order valence-corrected chi connectivity index (χ4v) is 1.93. The van der Waals surface area contributed by atoms with E-state index in [1.54, 1.807) is 24.5 Å². The van der Waals surface area contributed by atoms with Crippen molar-refractivity contribution in [3.05, 3.63) is 30.6 Å². The van der Waals surface area contributed by atoms with Crippen LogP contribution in [0.3, 0.4) is 0 Å². The first-order valence-corrected chi connectivity index (χ1v) is 6.87. The zero-order valence-corrected chi connectivity index (χ0v) is 10.2. The lowest BCUT2D eigenvalue weighted by Gasteiger charge is -2.05. The van der Waals surface area contributed by atoms with Crippen molar-refractivity contribution in [3.8, 4) is 11.4 Å². The third-order valence-corrected chi connectivity index (χ3v) is 3.04. The second-order valence-electron chi connectivity index (χ2n) is 3.70. The fraction of sp³-hybridized carbons (Fsp3) is 0.300.